The van der Waals surface area contributed by atoms with Gasteiger partial charge < -0.3 is 9.84 Å². The minimum Gasteiger partial charge on any atom is -0.508 e. The lowest BCUT2D eigenvalue weighted by molar-refractivity contribution is 0.184. The molecule has 0 atom stereocenters. The van der Waals surface area contributed by atoms with Gasteiger partial charge in [-0.25, -0.2) is 0 Å². The van der Waals surface area contributed by atoms with Crippen molar-refractivity contribution in [3.8, 4) is 11.5 Å². The molecule has 0 spiro atoms. The molecule has 0 amide bonds. The van der Waals surface area contributed by atoms with Crippen molar-refractivity contribution in [3.05, 3.63) is 23.3 Å². The van der Waals surface area contributed by atoms with Gasteiger partial charge in [0.2, 0.25) is 0 Å². The molecule has 2 aliphatic carbocycles. The maximum absolute atomic E-state index is 11.0. The molecular weight excluding hydrogens is 344 g/mol. The van der Waals surface area contributed by atoms with Crippen molar-refractivity contribution in [2.24, 2.45) is 11.8 Å². The van der Waals surface area contributed by atoms with Crippen LogP contribution in [0.25, 0.3) is 0 Å². The van der Waals surface area contributed by atoms with Crippen LogP contribution in [0.4, 0.5) is 0 Å². The van der Waals surface area contributed by atoms with E-state index in [0.717, 1.165) is 29.6 Å². The fraction of sp³-hybridized carbons (Fsp3) is 0.769. The summed E-state index contributed by atoms with van der Waals surface area (Å²) < 4.78 is 5.80. The molecule has 1 N–H and O–H groups in total. The van der Waals surface area contributed by atoms with Crippen molar-refractivity contribution >= 4 is 0 Å². The molecule has 3 rings (SSSR count). The molecule has 2 aliphatic rings. The summed E-state index contributed by atoms with van der Waals surface area (Å²) in [7, 11) is 1.76. The number of hydrogen-bond acceptors (Lipinski definition) is 2. The Morgan fingerprint density at radius 2 is 1.61 bits per heavy atom. The highest BCUT2D eigenvalue weighted by Crippen LogP contribution is 2.48. The Hall–Kier alpha value is -1.18. The average molecular weight is 387 g/mol. The van der Waals surface area contributed by atoms with E-state index in [9.17, 15) is 5.11 Å². The number of ether oxygens (including phenoxy) is 1. The molecule has 2 heteroatoms. The highest BCUT2D eigenvalue weighted by atomic mass is 16.5. The van der Waals surface area contributed by atoms with Crippen LogP contribution < -0.4 is 4.74 Å². The molecule has 2 saturated carbocycles. The molecule has 1 aromatic rings. The first-order valence-corrected chi connectivity index (χ1v) is 11.9. The van der Waals surface area contributed by atoms with E-state index < -0.39 is 0 Å². The van der Waals surface area contributed by atoms with E-state index in [1.54, 1.807) is 7.11 Å². The number of unbranched alkanes of at least 4 members (excludes halogenated alkanes) is 1. The quantitative estimate of drug-likeness (QED) is 0.519. The van der Waals surface area contributed by atoms with Crippen molar-refractivity contribution in [3.63, 3.8) is 0 Å². The number of benzene rings is 1. The molecule has 0 saturated heterocycles. The molecule has 0 radical (unpaired) electrons. The first kappa shape index (κ1) is 21.5. The van der Waals surface area contributed by atoms with Crippen LogP contribution in [0.2, 0.25) is 0 Å². The number of hydrogen-bond donors (Lipinski definition) is 1. The normalized spacial score (nSPS) is 24.3. The van der Waals surface area contributed by atoms with E-state index in [1.165, 1.54) is 76.2 Å². The third-order valence-corrected chi connectivity index (χ3v) is 7.77. The molecule has 1 aromatic carbocycles. The molecule has 28 heavy (non-hydrogen) atoms. The Morgan fingerprint density at radius 3 is 2.21 bits per heavy atom. The standard InChI is InChI=1S/C26H42O2/c1-5-6-16-26(2,3)22-17-23(27)25(24(18-22)28-4)21-14-12-20(13-15-21)19-10-8-7-9-11-19/h17-21,27H,5-16H2,1-4H3. The van der Waals surface area contributed by atoms with E-state index in [1.807, 2.05) is 6.07 Å². The minimum absolute atomic E-state index is 0.0674. The number of phenolic OH excluding ortho intramolecular Hbond substituents is 1. The summed E-state index contributed by atoms with van der Waals surface area (Å²) in [5.74, 6) is 3.69. The molecule has 0 unspecified atom stereocenters. The second-order valence-electron chi connectivity index (χ2n) is 10.1. The van der Waals surface area contributed by atoms with E-state index in [0.29, 0.717) is 11.7 Å². The lowest BCUT2D eigenvalue weighted by atomic mass is 9.69. The van der Waals surface area contributed by atoms with Crippen molar-refractivity contribution in [1.82, 2.24) is 0 Å². The second kappa shape index (κ2) is 9.55. The van der Waals surface area contributed by atoms with Crippen LogP contribution in [0, 0.1) is 11.8 Å². The molecule has 2 nitrogen and oxygen atoms in total. The SMILES string of the molecule is CCCCC(C)(C)c1cc(O)c(C2CCC(C3CCCCC3)CC2)c(OC)c1. The zero-order valence-electron chi connectivity index (χ0n) is 18.7. The highest BCUT2D eigenvalue weighted by Gasteiger charge is 2.32. The topological polar surface area (TPSA) is 29.5 Å². The van der Waals surface area contributed by atoms with E-state index in [4.69, 9.17) is 4.74 Å². The Labute approximate surface area is 173 Å². The minimum atomic E-state index is 0.0674. The summed E-state index contributed by atoms with van der Waals surface area (Å²) in [5.41, 5.74) is 2.34. The fourth-order valence-electron chi connectivity index (χ4n) is 5.83. The molecule has 0 aromatic heterocycles. The summed E-state index contributed by atoms with van der Waals surface area (Å²) in [5, 5.41) is 11.0. The maximum atomic E-state index is 11.0. The summed E-state index contributed by atoms with van der Waals surface area (Å²) in [6.45, 7) is 6.80. The van der Waals surface area contributed by atoms with Crippen molar-refractivity contribution in [2.45, 2.75) is 109 Å². The van der Waals surface area contributed by atoms with Gasteiger partial charge in [0.15, 0.2) is 0 Å². The molecular formula is C26H42O2. The van der Waals surface area contributed by atoms with Gasteiger partial charge in [0.1, 0.15) is 11.5 Å². The lowest BCUT2D eigenvalue weighted by Gasteiger charge is -2.36. The van der Waals surface area contributed by atoms with Gasteiger partial charge in [-0.1, -0.05) is 65.7 Å². The lowest BCUT2D eigenvalue weighted by Crippen LogP contribution is -2.23. The summed E-state index contributed by atoms with van der Waals surface area (Å²) in [4.78, 5) is 0. The average Bonchev–Trinajstić information content (AvgIpc) is 2.72. The van der Waals surface area contributed by atoms with Gasteiger partial charge in [-0.2, -0.15) is 0 Å². The first-order chi connectivity index (χ1) is 13.5. The van der Waals surface area contributed by atoms with Gasteiger partial charge in [0, 0.05) is 5.56 Å². The number of aromatic hydroxyl groups is 1. The van der Waals surface area contributed by atoms with Gasteiger partial charge in [0.25, 0.3) is 0 Å². The van der Waals surface area contributed by atoms with Crippen LogP contribution in [0.1, 0.15) is 115 Å². The van der Waals surface area contributed by atoms with Crippen LogP contribution >= 0.6 is 0 Å². The molecule has 0 aliphatic heterocycles. The van der Waals surface area contributed by atoms with E-state index in [-0.39, 0.29) is 5.41 Å². The largest absolute Gasteiger partial charge is 0.508 e. The van der Waals surface area contributed by atoms with E-state index in [2.05, 4.69) is 26.8 Å². The molecule has 2 fully saturated rings. The zero-order valence-corrected chi connectivity index (χ0v) is 18.7. The first-order valence-electron chi connectivity index (χ1n) is 11.9. The number of phenols is 1. The Morgan fingerprint density at radius 1 is 0.964 bits per heavy atom. The Balaban J connectivity index is 1.73. The predicted octanol–water partition coefficient (Wildman–Crippen LogP) is 7.72. The fourth-order valence-corrected chi connectivity index (χ4v) is 5.83. The second-order valence-corrected chi connectivity index (χ2v) is 10.1. The zero-order chi connectivity index (χ0) is 20.1. The number of methoxy groups -OCH3 is 1. The van der Waals surface area contributed by atoms with Gasteiger partial charge >= 0.3 is 0 Å². The van der Waals surface area contributed by atoms with Gasteiger partial charge in [-0.15, -0.1) is 0 Å². The van der Waals surface area contributed by atoms with Gasteiger partial charge in [-0.3, -0.25) is 0 Å². The summed E-state index contributed by atoms with van der Waals surface area (Å²) >= 11 is 0. The smallest absolute Gasteiger partial charge is 0.126 e. The van der Waals surface area contributed by atoms with Gasteiger partial charge in [0.05, 0.1) is 7.11 Å². The van der Waals surface area contributed by atoms with Crippen molar-refractivity contribution < 1.29 is 9.84 Å². The summed E-state index contributed by atoms with van der Waals surface area (Å²) in [6, 6.07) is 4.23. The van der Waals surface area contributed by atoms with Crippen LogP contribution in [-0.2, 0) is 5.41 Å². The summed E-state index contributed by atoms with van der Waals surface area (Å²) in [6.07, 6.45) is 15.8. The Bertz CT molecular complexity index is 620. The van der Waals surface area contributed by atoms with Crippen LogP contribution in [0.3, 0.4) is 0 Å². The predicted molar refractivity (Wildman–Crippen MR) is 118 cm³/mol. The molecule has 0 heterocycles. The molecule has 0 bridgehead atoms. The third kappa shape index (κ3) is 4.86. The number of rotatable bonds is 7. The molecule has 158 valence electrons. The van der Waals surface area contributed by atoms with Crippen molar-refractivity contribution in [1.29, 1.82) is 0 Å². The van der Waals surface area contributed by atoms with Crippen LogP contribution in [0.5, 0.6) is 11.5 Å². The maximum Gasteiger partial charge on any atom is 0.126 e. The van der Waals surface area contributed by atoms with Crippen molar-refractivity contribution in [2.75, 3.05) is 7.11 Å². The Kier molecular flexibility index (Phi) is 7.34. The monoisotopic (exact) mass is 386 g/mol. The van der Waals surface area contributed by atoms with E-state index >= 15 is 0 Å². The van der Waals surface area contributed by atoms with Gasteiger partial charge in [-0.05, 0) is 73.0 Å². The van der Waals surface area contributed by atoms with Crippen LogP contribution in [-0.4, -0.2) is 12.2 Å². The van der Waals surface area contributed by atoms with Crippen LogP contribution in [0.15, 0.2) is 12.1 Å². The third-order valence-electron chi connectivity index (χ3n) is 7.77. The highest BCUT2D eigenvalue weighted by molar-refractivity contribution is 5.51.